The zero-order chi connectivity index (χ0) is 27.6. The Morgan fingerprint density at radius 1 is 1.08 bits per heavy atom. The molecule has 4 aromatic rings. The summed E-state index contributed by atoms with van der Waals surface area (Å²) in [5, 5.41) is 0.380. The first-order valence-electron chi connectivity index (χ1n) is 12.5. The Hall–Kier alpha value is -3.51. The number of aromatic amines is 1. The molecule has 0 unspecified atom stereocenters. The van der Waals surface area contributed by atoms with Crippen LogP contribution in [0.5, 0.6) is 0 Å². The number of carbonyl (C=O) groups excluding carboxylic acids is 1. The zero-order valence-electron chi connectivity index (χ0n) is 20.8. The van der Waals surface area contributed by atoms with E-state index in [1.165, 1.54) is 24.3 Å². The molecule has 2 aromatic heterocycles. The summed E-state index contributed by atoms with van der Waals surface area (Å²) < 4.78 is 55.1. The van der Waals surface area contributed by atoms with E-state index in [-0.39, 0.29) is 21.0 Å². The normalized spacial score (nSPS) is 16.2. The van der Waals surface area contributed by atoms with Gasteiger partial charge in [0.05, 0.1) is 16.7 Å². The van der Waals surface area contributed by atoms with E-state index in [2.05, 4.69) is 15.0 Å². The van der Waals surface area contributed by atoms with Crippen molar-refractivity contribution in [2.45, 2.75) is 49.0 Å². The number of nitrogens with one attached hydrogen (secondary N) is 1. The lowest BCUT2D eigenvalue weighted by Crippen LogP contribution is -2.36. The van der Waals surface area contributed by atoms with Crippen molar-refractivity contribution in [2.24, 2.45) is 0 Å². The quantitative estimate of drug-likeness (QED) is 0.298. The highest BCUT2D eigenvalue weighted by Gasteiger charge is 2.38. The minimum atomic E-state index is -3.95. The van der Waals surface area contributed by atoms with Crippen molar-refractivity contribution in [1.82, 2.24) is 15.0 Å². The van der Waals surface area contributed by atoms with E-state index < -0.39 is 45.4 Å². The minimum Gasteiger partial charge on any atom is -0.338 e. The molecule has 5 rings (SSSR count). The first-order chi connectivity index (χ1) is 18.6. The maximum absolute atomic E-state index is 15.0. The molecule has 1 saturated heterocycles. The number of anilines is 1. The molecule has 0 spiro atoms. The fraction of sp³-hybridized carbons (Fsp3) is 0.333. The van der Waals surface area contributed by atoms with E-state index in [0.717, 1.165) is 23.3 Å². The Balaban J connectivity index is 1.33. The van der Waals surface area contributed by atoms with E-state index in [0.29, 0.717) is 30.9 Å². The van der Waals surface area contributed by atoms with Crippen LogP contribution in [0, 0.1) is 0 Å². The van der Waals surface area contributed by atoms with E-state index in [4.69, 9.17) is 0 Å². The molecule has 1 N–H and O–H groups in total. The number of sulfone groups is 1. The number of ketones is 1. The second-order valence-corrected chi connectivity index (χ2v) is 12.5. The molecule has 1 aliphatic heterocycles. The lowest BCUT2D eigenvalue weighted by atomic mass is 10.0. The summed E-state index contributed by atoms with van der Waals surface area (Å²) in [5.74, 6) is -5.36. The van der Waals surface area contributed by atoms with Gasteiger partial charge in [0.15, 0.2) is 36.9 Å². The van der Waals surface area contributed by atoms with Crippen molar-refractivity contribution in [2.75, 3.05) is 17.2 Å². The summed E-state index contributed by atoms with van der Waals surface area (Å²) in [6, 6.07) is 16.6. The molecule has 0 saturated carbocycles. The van der Waals surface area contributed by atoms with Gasteiger partial charge in [-0.1, -0.05) is 59.9 Å². The van der Waals surface area contributed by atoms with Crippen LogP contribution >= 0.6 is 11.3 Å². The third kappa shape index (κ3) is 5.91. The molecule has 0 bridgehead atoms. The van der Waals surface area contributed by atoms with Crippen LogP contribution in [0.3, 0.4) is 0 Å². The molecule has 1 atom stereocenters. The van der Waals surface area contributed by atoms with Gasteiger partial charge in [-0.25, -0.2) is 18.4 Å². The number of thiazole rings is 1. The summed E-state index contributed by atoms with van der Waals surface area (Å²) in [6.45, 7) is 0.555. The summed E-state index contributed by atoms with van der Waals surface area (Å²) in [4.78, 5) is 37.9. The molecule has 1 aliphatic rings. The standard InChI is InChI=1S/C27H26F2N4O4S2/c28-27(29,15-17-39(36,37)19-10-5-2-6-11-19)25-31-23(35)22-24(32-25)38-26(30-22)33-16-7-12-20(33)21(34)14-13-18-8-3-1-4-9-18/h1-6,8-11,20H,7,12-17H2,(H,31,32,35)/t20-/m1/s1. The van der Waals surface area contributed by atoms with Crippen LogP contribution < -0.4 is 10.5 Å². The van der Waals surface area contributed by atoms with Crippen molar-refractivity contribution < 1.29 is 22.0 Å². The lowest BCUT2D eigenvalue weighted by molar-refractivity contribution is -0.120. The number of carbonyl (C=O) groups is 1. The summed E-state index contributed by atoms with van der Waals surface area (Å²) in [6.07, 6.45) is 1.34. The smallest absolute Gasteiger partial charge is 0.305 e. The number of halogens is 2. The highest BCUT2D eigenvalue weighted by molar-refractivity contribution is 7.91. The fourth-order valence-corrected chi connectivity index (χ4v) is 7.00. The van der Waals surface area contributed by atoms with Crippen molar-refractivity contribution in [3.8, 4) is 0 Å². The SMILES string of the molecule is O=C(CCc1ccccc1)[C@H]1CCCN1c1nc2c(=O)[nH]c(C(F)(F)CCS(=O)(=O)c3ccccc3)nc2s1. The lowest BCUT2D eigenvalue weighted by Gasteiger charge is -2.22. The van der Waals surface area contributed by atoms with Gasteiger partial charge in [-0.3, -0.25) is 9.59 Å². The molecule has 0 amide bonds. The summed E-state index contributed by atoms with van der Waals surface area (Å²) in [7, 11) is -3.95. The van der Waals surface area contributed by atoms with Crippen molar-refractivity contribution in [3.05, 3.63) is 82.4 Å². The van der Waals surface area contributed by atoms with Crippen LogP contribution in [0.25, 0.3) is 10.3 Å². The summed E-state index contributed by atoms with van der Waals surface area (Å²) in [5.41, 5.74) is 0.138. The Bertz CT molecular complexity index is 1640. The van der Waals surface area contributed by atoms with Gasteiger partial charge in [-0.15, -0.1) is 0 Å². The molecule has 1 fully saturated rings. The van der Waals surface area contributed by atoms with Crippen molar-refractivity contribution >= 4 is 42.4 Å². The predicted molar refractivity (Wildman–Crippen MR) is 145 cm³/mol. The Kier molecular flexibility index (Phi) is 7.59. The number of aromatic nitrogens is 3. The first-order valence-corrected chi connectivity index (χ1v) is 15.0. The number of nitrogens with zero attached hydrogens (tertiary/aromatic N) is 3. The second-order valence-electron chi connectivity index (χ2n) is 9.45. The van der Waals surface area contributed by atoms with Gasteiger partial charge in [-0.2, -0.15) is 8.78 Å². The number of fused-ring (bicyclic) bond motifs is 1. The van der Waals surface area contributed by atoms with E-state index in [1.807, 2.05) is 35.2 Å². The number of H-pyrrole nitrogens is 1. The largest absolute Gasteiger partial charge is 0.338 e. The van der Waals surface area contributed by atoms with Gasteiger partial charge >= 0.3 is 5.92 Å². The number of aryl methyl sites for hydroxylation is 1. The Morgan fingerprint density at radius 2 is 1.77 bits per heavy atom. The monoisotopic (exact) mass is 572 g/mol. The van der Waals surface area contributed by atoms with Crippen LogP contribution in [0.4, 0.5) is 13.9 Å². The number of alkyl halides is 2. The topological polar surface area (TPSA) is 113 Å². The first kappa shape index (κ1) is 27.1. The molecular weight excluding hydrogens is 546 g/mol. The molecule has 0 radical (unpaired) electrons. The molecule has 8 nitrogen and oxygen atoms in total. The molecule has 204 valence electrons. The molecule has 2 aromatic carbocycles. The number of hydrogen-bond acceptors (Lipinski definition) is 8. The molecule has 0 aliphatic carbocycles. The number of rotatable bonds is 10. The average molecular weight is 573 g/mol. The van der Waals surface area contributed by atoms with E-state index in [1.54, 1.807) is 6.07 Å². The van der Waals surface area contributed by atoms with Gasteiger partial charge in [-0.05, 0) is 37.0 Å². The minimum absolute atomic E-state index is 0.0109. The van der Waals surface area contributed by atoms with Gasteiger partial charge in [0.1, 0.15) is 0 Å². The van der Waals surface area contributed by atoms with Crippen molar-refractivity contribution in [3.63, 3.8) is 0 Å². The maximum atomic E-state index is 15.0. The van der Waals surface area contributed by atoms with Crippen LogP contribution in [-0.2, 0) is 27.0 Å². The third-order valence-corrected chi connectivity index (χ3v) is 9.48. The van der Waals surface area contributed by atoms with Crippen LogP contribution in [-0.4, -0.2) is 47.5 Å². The Labute approximate surface area is 227 Å². The molecular formula is C27H26F2N4O4S2. The van der Waals surface area contributed by atoms with Crippen LogP contribution in [0.2, 0.25) is 0 Å². The number of benzene rings is 2. The van der Waals surface area contributed by atoms with Crippen LogP contribution in [0.1, 0.15) is 37.1 Å². The van der Waals surface area contributed by atoms with E-state index >= 15 is 8.78 Å². The summed E-state index contributed by atoms with van der Waals surface area (Å²) >= 11 is 0.975. The van der Waals surface area contributed by atoms with Gasteiger partial charge < -0.3 is 9.88 Å². The third-order valence-electron chi connectivity index (χ3n) is 6.76. The highest BCUT2D eigenvalue weighted by Crippen LogP contribution is 2.35. The molecule has 39 heavy (non-hydrogen) atoms. The second kappa shape index (κ2) is 10.9. The number of Topliss-reactive ketones (excluding diaryl/α,β-unsaturated/α-hetero) is 1. The van der Waals surface area contributed by atoms with Crippen molar-refractivity contribution in [1.29, 1.82) is 0 Å². The fourth-order valence-electron chi connectivity index (χ4n) is 4.65. The number of hydrogen-bond donors (Lipinski definition) is 1. The van der Waals surface area contributed by atoms with Crippen LogP contribution in [0.15, 0.2) is 70.4 Å². The van der Waals surface area contributed by atoms with Gasteiger partial charge in [0.25, 0.3) is 5.56 Å². The van der Waals surface area contributed by atoms with Gasteiger partial charge in [0.2, 0.25) is 0 Å². The van der Waals surface area contributed by atoms with E-state index in [9.17, 15) is 18.0 Å². The average Bonchev–Trinajstić information content (AvgIpc) is 3.60. The molecule has 3 heterocycles. The highest BCUT2D eigenvalue weighted by atomic mass is 32.2. The molecule has 12 heteroatoms. The zero-order valence-corrected chi connectivity index (χ0v) is 22.5. The predicted octanol–water partition coefficient (Wildman–Crippen LogP) is 4.51. The maximum Gasteiger partial charge on any atom is 0.305 e. The Morgan fingerprint density at radius 3 is 2.49 bits per heavy atom. The van der Waals surface area contributed by atoms with Gasteiger partial charge in [0, 0.05) is 19.4 Å².